The van der Waals surface area contributed by atoms with Crippen molar-refractivity contribution < 1.29 is 94.5 Å². The molecule has 125 valence electrons. The van der Waals surface area contributed by atoms with Crippen molar-refractivity contribution in [1.82, 2.24) is 0 Å². The predicted molar refractivity (Wildman–Crippen MR) is 54.4 cm³/mol. The normalized spacial score (nSPS) is 1.43. The molecule has 9 nitrogen and oxygen atoms in total. The molecule has 0 amide bonds. The summed E-state index contributed by atoms with van der Waals surface area (Å²) in [5.74, 6) is 0. The maximum absolute atomic E-state index is 7.75. The Morgan fingerprint density at radius 1 is 0.429 bits per heavy atom. The van der Waals surface area contributed by atoms with Gasteiger partial charge < -0.3 is 28.8 Å². The average molecular weight is 438 g/mol. The Kier molecular flexibility index (Phi) is 21100. The van der Waals surface area contributed by atoms with E-state index in [0.717, 1.165) is 0 Å². The van der Waals surface area contributed by atoms with Crippen LogP contribution in [-0.4, -0.2) is 40.7 Å². The minimum absolute atomic E-state index is 0. The summed E-state index contributed by atoms with van der Waals surface area (Å²) in [6, 6.07) is 0. The molecule has 0 unspecified atom stereocenters. The Morgan fingerprint density at radius 2 is 0.429 bits per heavy atom. The molecule has 0 aliphatic carbocycles. The first-order valence-electron chi connectivity index (χ1n) is 2.03. The van der Waals surface area contributed by atoms with E-state index in [-0.39, 0.29) is 51.8 Å². The van der Waals surface area contributed by atoms with Crippen LogP contribution in [0, 0.1) is 20.0 Å². The molecule has 0 aliphatic rings. The van der Waals surface area contributed by atoms with Gasteiger partial charge in [-0.25, -0.2) is 0 Å². The van der Waals surface area contributed by atoms with Crippen LogP contribution in [0.5, 0.6) is 0 Å². The molecule has 0 aromatic rings. The molecule has 12 heteroatoms. The smallest absolute Gasteiger partial charge is 0.545 e. The van der Waals surface area contributed by atoms with Gasteiger partial charge in [0.05, 0.1) is 0 Å². The van der Waals surface area contributed by atoms with Gasteiger partial charge in [0, 0.05) is 18.2 Å². The zero-order chi connectivity index (χ0) is 18.0. The van der Waals surface area contributed by atoms with Crippen molar-refractivity contribution in [1.29, 1.82) is 0 Å². The molecule has 0 aliphatic heterocycles. The topological polar surface area (TPSA) is 162 Å². The van der Waals surface area contributed by atoms with Crippen molar-refractivity contribution in [2.45, 2.75) is 0 Å². The summed E-state index contributed by atoms with van der Waals surface area (Å²) in [5.41, 5.74) is 0. The van der Waals surface area contributed by atoms with E-state index < -0.39 is 0 Å². The van der Waals surface area contributed by atoms with Gasteiger partial charge in [0.2, 0.25) is 0 Å². The van der Waals surface area contributed by atoms with Crippen LogP contribution in [0.2, 0.25) is 0 Å². The van der Waals surface area contributed by atoms with Gasteiger partial charge in [-0.1, -0.05) is 0 Å². The van der Waals surface area contributed by atoms with Crippen molar-refractivity contribution in [3.05, 3.63) is 20.0 Å². The third kappa shape index (κ3) is 3420. The van der Waals surface area contributed by atoms with Gasteiger partial charge in [0.15, 0.2) is 0 Å². The van der Waals surface area contributed by atoms with Crippen LogP contribution >= 0.6 is 0 Å². The fraction of sp³-hybridized carbons (Fsp3) is 0. The second-order valence-corrected chi connectivity index (χ2v) is 0. The summed E-state index contributed by atoms with van der Waals surface area (Å²) in [4.78, 5) is 46.5. The first-order valence-corrected chi connectivity index (χ1v) is 2.03. The van der Waals surface area contributed by atoms with Crippen LogP contribution in [0.1, 0.15) is 1.43 Å². The number of hydrogen-bond donors (Lipinski definition) is 0. The van der Waals surface area contributed by atoms with E-state index in [0.29, 0.717) is 0 Å². The van der Waals surface area contributed by atoms with Gasteiger partial charge in [-0.05, 0) is 0 Å². The molecule has 21 heavy (non-hydrogen) atoms. The first-order chi connectivity index (χ1) is 9.00. The van der Waals surface area contributed by atoms with Crippen molar-refractivity contribution in [2.75, 3.05) is 0 Å². The van der Waals surface area contributed by atoms with Crippen molar-refractivity contribution in [2.24, 2.45) is 0 Å². The van der Waals surface area contributed by atoms with Crippen LogP contribution in [0.3, 0.4) is 0 Å². The molecule has 0 saturated heterocycles. The van der Waals surface area contributed by atoms with E-state index in [1.165, 1.54) is 0 Å². The summed E-state index contributed by atoms with van der Waals surface area (Å²) in [5, 5.41) is 0. The molecule has 0 bridgehead atoms. The van der Waals surface area contributed by atoms with E-state index in [4.69, 9.17) is 42.7 Å². The molecule has 0 heterocycles. The van der Waals surface area contributed by atoms with Gasteiger partial charge in [-0.15, -0.1) is 0 Å². The molecule has 0 N–H and O–H groups in total. The predicted octanol–water partition coefficient (Wildman–Crippen LogP) is -1.52. The van der Waals surface area contributed by atoms with Crippen LogP contribution < -0.4 is 0 Å². The van der Waals surface area contributed by atoms with Gasteiger partial charge in [0.1, 0.15) is 0 Å². The minimum Gasteiger partial charge on any atom is -0.545 e. The van der Waals surface area contributed by atoms with E-state index in [1.807, 2.05) is 0 Å². The molecule has 0 spiro atoms. The fourth-order valence-corrected chi connectivity index (χ4v) is 0. The maximum atomic E-state index is 7.75. The van der Waals surface area contributed by atoms with E-state index >= 15 is 0 Å². The van der Waals surface area contributed by atoms with Gasteiger partial charge in [-0.3, -0.25) is 40.7 Å². The fourth-order valence-electron chi connectivity index (χ4n) is 0. The SMILES string of the molecule is [2HH].[C-]#[O+].[C-]#[O+].[C-]#[O+].[CH-]=O.[CH-]=O.[CH-]=O.[CH-]=O.[CH-]=O.[CH-]=O.[Co+3].[Co+3].[Co]. The van der Waals surface area contributed by atoms with Crippen LogP contribution in [0.25, 0.3) is 0 Å². The third-order valence-corrected chi connectivity index (χ3v) is 0. The second-order valence-electron chi connectivity index (χ2n) is 0. The molecular formula is C9H8Co3O9. The zero-order valence-electron chi connectivity index (χ0n) is 9.64. The quantitative estimate of drug-likeness (QED) is 0.254. The zero-order valence-corrected chi connectivity index (χ0v) is 12.8. The number of rotatable bonds is 0. The molecule has 0 fully saturated rings. The molecule has 0 saturated carbocycles. The van der Waals surface area contributed by atoms with Crippen molar-refractivity contribution in [3.8, 4) is 0 Å². The molecule has 0 rings (SSSR count). The minimum atomic E-state index is 0. The van der Waals surface area contributed by atoms with Crippen molar-refractivity contribution >= 4 is 40.7 Å². The van der Waals surface area contributed by atoms with Crippen LogP contribution in [-0.2, 0) is 93.1 Å². The summed E-state index contributed by atoms with van der Waals surface area (Å²) in [6.07, 6.45) is 0. The number of carbonyl (C=O) groups excluding carboxylic acids is 6. The molecule has 1 radical (unpaired) electrons. The average Bonchev–Trinajstić information content (AvgIpc) is 2.63. The Labute approximate surface area is 155 Å². The first kappa shape index (κ1) is 115. The largest absolute Gasteiger partial charge is 3.00 e. The standard InChI is InChI=1S/6CHO.3CO.3Co.H2/c9*1-2;;;;/h6*1H;;;;;;;1H/q6*-1;;;;;2*+3;/i;;;;;;;;;;;;1+1. The molecule has 0 aromatic heterocycles. The molecule has 0 atom stereocenters. The molecular weight excluding hydrogens is 429 g/mol. The van der Waals surface area contributed by atoms with E-state index in [9.17, 15) is 0 Å². The maximum Gasteiger partial charge on any atom is 3.00 e. The Morgan fingerprint density at radius 3 is 0.429 bits per heavy atom. The summed E-state index contributed by atoms with van der Waals surface area (Å²) in [6.45, 7) is 33.0. The summed E-state index contributed by atoms with van der Waals surface area (Å²) in [7, 11) is 0. The van der Waals surface area contributed by atoms with E-state index in [2.05, 4.69) is 60.7 Å². The van der Waals surface area contributed by atoms with Gasteiger partial charge in [-0.2, -0.15) is 0 Å². The third-order valence-electron chi connectivity index (χ3n) is 0. The second kappa shape index (κ2) is 3840. The summed E-state index contributed by atoms with van der Waals surface area (Å²) >= 11 is 0. The Balaban J connectivity index is -0.00000000368. The number of hydrogen-bond acceptors (Lipinski definition) is 6. The van der Waals surface area contributed by atoms with Crippen molar-refractivity contribution in [3.63, 3.8) is 0 Å². The molecule has 0 aromatic carbocycles. The van der Waals surface area contributed by atoms with Crippen LogP contribution in [0.4, 0.5) is 0 Å². The Hall–Kier alpha value is -1.24. The Bertz CT molecular complexity index is 109. The van der Waals surface area contributed by atoms with Gasteiger partial charge in [0.25, 0.3) is 0 Å². The van der Waals surface area contributed by atoms with Crippen LogP contribution in [0.15, 0.2) is 0 Å². The monoisotopic (exact) mass is 438 g/mol. The van der Waals surface area contributed by atoms with E-state index in [1.54, 1.807) is 0 Å². The van der Waals surface area contributed by atoms with Gasteiger partial charge >= 0.3 is 67.5 Å². The summed E-state index contributed by atoms with van der Waals surface area (Å²) < 4.78 is 22.5.